The number of furan rings is 1. The van der Waals surface area contributed by atoms with Crippen LogP contribution in [0, 0.1) is 6.92 Å². The SMILES string of the molecule is Cc1ccc(CN(C)C(=NC2CC2)NN)o1. The van der Waals surface area contributed by atoms with Crippen LogP contribution in [0.2, 0.25) is 0 Å². The van der Waals surface area contributed by atoms with Crippen molar-refractivity contribution in [3.05, 3.63) is 23.7 Å². The van der Waals surface area contributed by atoms with Crippen LogP contribution in [0.5, 0.6) is 0 Å². The summed E-state index contributed by atoms with van der Waals surface area (Å²) in [6.45, 7) is 2.60. The highest BCUT2D eigenvalue weighted by molar-refractivity contribution is 5.79. The third-order valence-electron chi connectivity index (χ3n) is 2.53. The van der Waals surface area contributed by atoms with Crippen LogP contribution in [0.4, 0.5) is 0 Å². The molecule has 16 heavy (non-hydrogen) atoms. The van der Waals surface area contributed by atoms with Gasteiger partial charge in [-0.15, -0.1) is 0 Å². The van der Waals surface area contributed by atoms with Gasteiger partial charge in [-0.05, 0) is 31.9 Å². The molecule has 1 aliphatic rings. The number of aliphatic imine (C=N–C) groups is 1. The quantitative estimate of drug-likeness (QED) is 0.346. The lowest BCUT2D eigenvalue weighted by molar-refractivity contribution is 0.391. The average Bonchev–Trinajstić information content (AvgIpc) is 2.98. The first-order chi connectivity index (χ1) is 7.69. The Morgan fingerprint density at radius 3 is 2.88 bits per heavy atom. The van der Waals surface area contributed by atoms with Crippen molar-refractivity contribution in [1.82, 2.24) is 10.3 Å². The molecule has 0 amide bonds. The monoisotopic (exact) mass is 222 g/mol. The maximum absolute atomic E-state index is 5.50. The topological polar surface area (TPSA) is 66.8 Å². The molecule has 5 heteroatoms. The summed E-state index contributed by atoms with van der Waals surface area (Å²) in [6, 6.07) is 4.38. The molecule has 0 radical (unpaired) electrons. The number of guanidine groups is 1. The Balaban J connectivity index is 1.97. The molecule has 2 rings (SSSR count). The molecular formula is C11H18N4O. The van der Waals surface area contributed by atoms with E-state index in [0.29, 0.717) is 12.6 Å². The largest absolute Gasteiger partial charge is 0.464 e. The summed E-state index contributed by atoms with van der Waals surface area (Å²) in [7, 11) is 1.94. The molecule has 1 saturated carbocycles. The van der Waals surface area contributed by atoms with Crippen molar-refractivity contribution in [2.45, 2.75) is 32.4 Å². The molecule has 0 aliphatic heterocycles. The second-order valence-electron chi connectivity index (χ2n) is 4.20. The Morgan fingerprint density at radius 1 is 1.62 bits per heavy atom. The number of aryl methyl sites for hydroxylation is 1. The van der Waals surface area contributed by atoms with E-state index in [-0.39, 0.29) is 0 Å². The Morgan fingerprint density at radius 2 is 2.38 bits per heavy atom. The zero-order valence-electron chi connectivity index (χ0n) is 9.73. The molecule has 0 spiro atoms. The van der Waals surface area contributed by atoms with E-state index in [1.807, 2.05) is 31.0 Å². The van der Waals surface area contributed by atoms with Gasteiger partial charge in [-0.3, -0.25) is 5.43 Å². The molecule has 1 heterocycles. The van der Waals surface area contributed by atoms with Gasteiger partial charge in [0.2, 0.25) is 5.96 Å². The summed E-state index contributed by atoms with van der Waals surface area (Å²) in [5.74, 6) is 8.01. The lowest BCUT2D eigenvalue weighted by atomic mass is 10.4. The highest BCUT2D eigenvalue weighted by Crippen LogP contribution is 2.23. The Labute approximate surface area is 95.3 Å². The lowest BCUT2D eigenvalue weighted by Crippen LogP contribution is -2.42. The standard InChI is InChI=1S/C11H18N4O/c1-8-3-6-10(16-8)7-15(2)11(14-12)13-9-4-5-9/h3,6,9H,4-5,7,12H2,1-2H3,(H,13,14). The fraction of sp³-hybridized carbons (Fsp3) is 0.545. The summed E-state index contributed by atoms with van der Waals surface area (Å²) in [4.78, 5) is 6.43. The second kappa shape index (κ2) is 4.57. The number of hydrogen-bond acceptors (Lipinski definition) is 3. The zero-order chi connectivity index (χ0) is 11.5. The minimum atomic E-state index is 0.451. The van der Waals surface area contributed by atoms with E-state index < -0.39 is 0 Å². The van der Waals surface area contributed by atoms with E-state index in [1.165, 1.54) is 12.8 Å². The summed E-state index contributed by atoms with van der Waals surface area (Å²) in [5, 5.41) is 0. The van der Waals surface area contributed by atoms with Crippen LogP contribution < -0.4 is 11.3 Å². The molecule has 0 atom stereocenters. The second-order valence-corrected chi connectivity index (χ2v) is 4.20. The molecule has 1 aromatic heterocycles. The first kappa shape index (κ1) is 11.0. The molecule has 5 nitrogen and oxygen atoms in total. The third kappa shape index (κ3) is 2.76. The Bertz CT molecular complexity index is 381. The van der Waals surface area contributed by atoms with Gasteiger partial charge in [0.1, 0.15) is 11.5 Å². The van der Waals surface area contributed by atoms with E-state index in [0.717, 1.165) is 17.5 Å². The average molecular weight is 222 g/mol. The van der Waals surface area contributed by atoms with E-state index >= 15 is 0 Å². The molecule has 0 unspecified atom stereocenters. The van der Waals surface area contributed by atoms with Crippen molar-refractivity contribution in [2.24, 2.45) is 10.8 Å². The molecule has 1 aromatic rings. The predicted molar refractivity (Wildman–Crippen MR) is 62.7 cm³/mol. The van der Waals surface area contributed by atoms with Gasteiger partial charge >= 0.3 is 0 Å². The first-order valence-electron chi connectivity index (χ1n) is 5.50. The van der Waals surface area contributed by atoms with E-state index in [1.54, 1.807) is 0 Å². The molecule has 0 aromatic carbocycles. The molecule has 1 aliphatic carbocycles. The van der Waals surface area contributed by atoms with Gasteiger partial charge in [0.15, 0.2) is 0 Å². The number of hydrazine groups is 1. The molecule has 0 saturated heterocycles. The fourth-order valence-corrected chi connectivity index (χ4v) is 1.50. The number of rotatable bonds is 3. The lowest BCUT2D eigenvalue weighted by Gasteiger charge is -2.19. The van der Waals surface area contributed by atoms with Gasteiger partial charge < -0.3 is 9.32 Å². The van der Waals surface area contributed by atoms with Gasteiger partial charge in [0.25, 0.3) is 0 Å². The summed E-state index contributed by atoms with van der Waals surface area (Å²) in [5.41, 5.74) is 2.63. The fourth-order valence-electron chi connectivity index (χ4n) is 1.50. The Hall–Kier alpha value is -1.49. The number of nitrogens with two attached hydrogens (primary N) is 1. The smallest absolute Gasteiger partial charge is 0.208 e. The van der Waals surface area contributed by atoms with Crippen molar-refractivity contribution in [2.75, 3.05) is 7.05 Å². The van der Waals surface area contributed by atoms with Gasteiger partial charge in [-0.2, -0.15) is 0 Å². The van der Waals surface area contributed by atoms with E-state index in [9.17, 15) is 0 Å². The number of nitrogens with one attached hydrogen (secondary N) is 1. The van der Waals surface area contributed by atoms with Crippen molar-refractivity contribution in [3.63, 3.8) is 0 Å². The van der Waals surface area contributed by atoms with Gasteiger partial charge in [-0.1, -0.05) is 0 Å². The van der Waals surface area contributed by atoms with Crippen molar-refractivity contribution in [3.8, 4) is 0 Å². The summed E-state index contributed by atoms with van der Waals surface area (Å²) >= 11 is 0. The predicted octanol–water partition coefficient (Wildman–Crippen LogP) is 1.00. The van der Waals surface area contributed by atoms with E-state index in [2.05, 4.69) is 10.4 Å². The van der Waals surface area contributed by atoms with Crippen LogP contribution in [0.15, 0.2) is 21.5 Å². The third-order valence-corrected chi connectivity index (χ3v) is 2.53. The zero-order valence-corrected chi connectivity index (χ0v) is 9.73. The Kier molecular flexibility index (Phi) is 3.14. The highest BCUT2D eigenvalue weighted by Gasteiger charge is 2.22. The van der Waals surface area contributed by atoms with Crippen molar-refractivity contribution in [1.29, 1.82) is 0 Å². The van der Waals surface area contributed by atoms with Gasteiger partial charge in [0.05, 0.1) is 12.6 Å². The number of hydrogen-bond donors (Lipinski definition) is 2. The minimum Gasteiger partial charge on any atom is -0.464 e. The summed E-state index contributed by atoms with van der Waals surface area (Å²) < 4.78 is 5.50. The molecule has 1 fully saturated rings. The van der Waals surface area contributed by atoms with Crippen LogP contribution in [0.1, 0.15) is 24.4 Å². The highest BCUT2D eigenvalue weighted by atomic mass is 16.3. The van der Waals surface area contributed by atoms with Gasteiger partial charge in [-0.25, -0.2) is 10.8 Å². The van der Waals surface area contributed by atoms with Crippen LogP contribution >= 0.6 is 0 Å². The van der Waals surface area contributed by atoms with Crippen LogP contribution in [0.3, 0.4) is 0 Å². The molecule has 88 valence electrons. The minimum absolute atomic E-state index is 0.451. The molecule has 0 bridgehead atoms. The van der Waals surface area contributed by atoms with Crippen LogP contribution in [0.25, 0.3) is 0 Å². The number of nitrogens with zero attached hydrogens (tertiary/aromatic N) is 2. The normalized spacial score (nSPS) is 16.3. The van der Waals surface area contributed by atoms with Gasteiger partial charge in [0, 0.05) is 7.05 Å². The van der Waals surface area contributed by atoms with Crippen LogP contribution in [-0.4, -0.2) is 23.9 Å². The first-order valence-corrected chi connectivity index (χ1v) is 5.50. The maximum Gasteiger partial charge on any atom is 0.208 e. The maximum atomic E-state index is 5.50. The molecular weight excluding hydrogens is 204 g/mol. The van der Waals surface area contributed by atoms with Crippen LogP contribution in [-0.2, 0) is 6.54 Å². The molecule has 3 N–H and O–H groups in total. The van der Waals surface area contributed by atoms with E-state index in [4.69, 9.17) is 10.3 Å². The summed E-state index contributed by atoms with van der Waals surface area (Å²) in [6.07, 6.45) is 2.33. The van der Waals surface area contributed by atoms with Crippen molar-refractivity contribution < 1.29 is 4.42 Å². The van der Waals surface area contributed by atoms with Crippen molar-refractivity contribution >= 4 is 5.96 Å².